The summed E-state index contributed by atoms with van der Waals surface area (Å²) in [5.41, 5.74) is 1.03. The number of amides is 1. The quantitative estimate of drug-likeness (QED) is 0.551. The first kappa shape index (κ1) is 19.9. The summed E-state index contributed by atoms with van der Waals surface area (Å²) >= 11 is 0. The second-order valence-corrected chi connectivity index (χ2v) is 12.4. The molecule has 1 saturated heterocycles. The Balaban J connectivity index is 2.22. The van der Waals surface area contributed by atoms with Gasteiger partial charge < -0.3 is 13.9 Å². The maximum Gasteiger partial charge on any atom is 0.410 e. The number of carbonyl (C=O) groups excluding carboxylic acids is 1. The maximum absolute atomic E-state index is 12.7. The van der Waals surface area contributed by atoms with Crippen LogP contribution in [0.2, 0.25) is 19.6 Å². The summed E-state index contributed by atoms with van der Waals surface area (Å²) < 4.78 is 17.8. The molecule has 0 N–H and O–H groups in total. The van der Waals surface area contributed by atoms with E-state index >= 15 is 0 Å². The van der Waals surface area contributed by atoms with Gasteiger partial charge in [-0.05, 0) is 42.4 Å². The van der Waals surface area contributed by atoms with E-state index in [1.807, 2.05) is 18.2 Å². The first-order chi connectivity index (χ1) is 12.8. The van der Waals surface area contributed by atoms with E-state index in [9.17, 15) is 4.79 Å². The number of rotatable bonds is 4. The van der Waals surface area contributed by atoms with Crippen molar-refractivity contribution in [2.24, 2.45) is 0 Å². The molecule has 0 aromatic heterocycles. The number of hydrogen-bond donors (Lipinski definition) is 0. The van der Waals surface area contributed by atoms with Crippen molar-refractivity contribution in [1.82, 2.24) is 4.90 Å². The molecule has 5 nitrogen and oxygen atoms in total. The third-order valence-electron chi connectivity index (χ3n) is 5.00. The Morgan fingerprint density at radius 2 is 1.81 bits per heavy atom. The van der Waals surface area contributed by atoms with Crippen LogP contribution in [0.4, 0.5) is 4.79 Å². The summed E-state index contributed by atoms with van der Waals surface area (Å²) in [4.78, 5) is 14.4. The fraction of sp³-hybridized carbons (Fsp3) is 0.476. The van der Waals surface area contributed by atoms with Gasteiger partial charge >= 0.3 is 6.09 Å². The van der Waals surface area contributed by atoms with E-state index in [1.54, 1.807) is 12.0 Å². The third-order valence-corrected chi connectivity index (χ3v) is 5.96. The van der Waals surface area contributed by atoms with E-state index < -0.39 is 14.1 Å². The molecular formula is C21H29NO4Si. The summed E-state index contributed by atoms with van der Waals surface area (Å²) in [5, 5.41) is 2.23. The molecule has 1 aliphatic heterocycles. The summed E-state index contributed by atoms with van der Waals surface area (Å²) in [6.07, 6.45) is 1.18. The number of fused-ring (bicyclic) bond motifs is 1. The lowest BCUT2D eigenvalue weighted by Crippen LogP contribution is -2.58. The lowest BCUT2D eigenvalue weighted by molar-refractivity contribution is -0.228. The van der Waals surface area contributed by atoms with Gasteiger partial charge in [-0.2, -0.15) is 0 Å². The van der Waals surface area contributed by atoms with Gasteiger partial charge in [0.1, 0.15) is 6.04 Å². The van der Waals surface area contributed by atoms with Gasteiger partial charge in [0.25, 0.3) is 0 Å². The minimum atomic E-state index is -1.96. The van der Waals surface area contributed by atoms with Gasteiger partial charge in [0.05, 0.1) is 7.11 Å². The van der Waals surface area contributed by atoms with E-state index in [4.69, 9.17) is 13.9 Å². The first-order valence-corrected chi connectivity index (χ1v) is 12.8. The maximum atomic E-state index is 12.7. The molecule has 27 heavy (non-hydrogen) atoms. The van der Waals surface area contributed by atoms with Crippen molar-refractivity contribution in [2.75, 3.05) is 20.8 Å². The molecule has 146 valence electrons. The molecule has 2 atom stereocenters. The number of ether oxygens (including phenoxy) is 2. The Hall–Kier alpha value is -1.89. The van der Waals surface area contributed by atoms with Gasteiger partial charge in [0.2, 0.25) is 0 Å². The number of likely N-dealkylation sites (tertiary alicyclic amines) is 1. The Labute approximate surface area is 162 Å². The minimum Gasteiger partial charge on any atom is -0.453 e. The van der Waals surface area contributed by atoms with Gasteiger partial charge in [0.15, 0.2) is 14.1 Å². The number of benzene rings is 2. The SMILES string of the molecule is COC(=O)N1CCCC(OC)(O[Si](C)(C)C)C1c1cccc2ccccc12. The zero-order chi connectivity index (χ0) is 19.7. The van der Waals surface area contributed by atoms with Crippen molar-refractivity contribution in [3.05, 3.63) is 48.0 Å². The minimum absolute atomic E-state index is 0.353. The van der Waals surface area contributed by atoms with Gasteiger partial charge in [-0.25, -0.2) is 4.79 Å². The normalized spacial score (nSPS) is 23.4. The fourth-order valence-corrected chi connectivity index (χ4v) is 5.42. The average Bonchev–Trinajstić information content (AvgIpc) is 2.65. The predicted octanol–water partition coefficient (Wildman–Crippen LogP) is 4.94. The summed E-state index contributed by atoms with van der Waals surface area (Å²) in [5.74, 6) is -0.888. The van der Waals surface area contributed by atoms with Crippen LogP contribution in [0.1, 0.15) is 24.4 Å². The lowest BCUT2D eigenvalue weighted by atomic mass is 9.86. The van der Waals surface area contributed by atoms with Crippen LogP contribution in [0, 0.1) is 0 Å². The molecule has 2 aromatic rings. The summed E-state index contributed by atoms with van der Waals surface area (Å²) in [6.45, 7) is 7.04. The Bertz CT molecular complexity index is 814. The highest BCUT2D eigenvalue weighted by Gasteiger charge is 2.51. The molecule has 0 aliphatic carbocycles. The molecule has 2 aromatic carbocycles. The van der Waals surface area contributed by atoms with Crippen LogP contribution in [0.25, 0.3) is 10.8 Å². The van der Waals surface area contributed by atoms with Crippen LogP contribution in [0.3, 0.4) is 0 Å². The molecular weight excluding hydrogens is 358 g/mol. The highest BCUT2D eigenvalue weighted by atomic mass is 28.4. The number of methoxy groups -OCH3 is 2. The van der Waals surface area contributed by atoms with Crippen LogP contribution in [0.15, 0.2) is 42.5 Å². The standard InChI is InChI=1S/C21H29NO4Si/c1-24-20(23)22-15-9-14-21(25-2,26-27(3,4)5)19(22)18-13-8-11-16-10-6-7-12-17(16)18/h6-8,10-13,19H,9,14-15H2,1-5H3. The summed E-state index contributed by atoms with van der Waals surface area (Å²) in [6, 6.07) is 14.0. The van der Waals surface area contributed by atoms with Gasteiger partial charge in [-0.3, -0.25) is 4.90 Å². The van der Waals surface area contributed by atoms with Crippen molar-refractivity contribution in [3.63, 3.8) is 0 Å². The smallest absolute Gasteiger partial charge is 0.410 e. The van der Waals surface area contributed by atoms with Crippen molar-refractivity contribution in [1.29, 1.82) is 0 Å². The molecule has 1 heterocycles. The molecule has 3 rings (SSSR count). The molecule has 0 radical (unpaired) electrons. The van der Waals surface area contributed by atoms with Gasteiger partial charge in [-0.1, -0.05) is 42.5 Å². The third kappa shape index (κ3) is 3.88. The number of piperidine rings is 1. The average molecular weight is 388 g/mol. The van der Waals surface area contributed by atoms with Gasteiger partial charge in [-0.15, -0.1) is 0 Å². The molecule has 0 bridgehead atoms. The van der Waals surface area contributed by atoms with Crippen LogP contribution in [0.5, 0.6) is 0 Å². The first-order valence-electron chi connectivity index (χ1n) is 9.39. The number of nitrogens with zero attached hydrogens (tertiary/aromatic N) is 1. The van der Waals surface area contributed by atoms with E-state index in [1.165, 1.54) is 7.11 Å². The zero-order valence-electron chi connectivity index (χ0n) is 16.8. The van der Waals surface area contributed by atoms with Crippen molar-refractivity contribution in [2.45, 2.75) is 44.3 Å². The topological polar surface area (TPSA) is 48.0 Å². The van der Waals surface area contributed by atoms with Gasteiger partial charge in [0, 0.05) is 20.1 Å². The van der Waals surface area contributed by atoms with Crippen molar-refractivity contribution < 1.29 is 18.7 Å². The van der Waals surface area contributed by atoms with E-state index in [2.05, 4.69) is 43.9 Å². The van der Waals surface area contributed by atoms with Crippen LogP contribution in [-0.2, 0) is 13.9 Å². The Kier molecular flexibility index (Phi) is 5.60. The highest BCUT2D eigenvalue weighted by molar-refractivity contribution is 6.69. The zero-order valence-corrected chi connectivity index (χ0v) is 17.8. The van der Waals surface area contributed by atoms with E-state index in [-0.39, 0.29) is 12.1 Å². The van der Waals surface area contributed by atoms with Crippen LogP contribution in [-0.4, -0.2) is 45.9 Å². The molecule has 1 amide bonds. The fourth-order valence-electron chi connectivity index (χ4n) is 4.09. The molecule has 0 saturated carbocycles. The van der Waals surface area contributed by atoms with Crippen LogP contribution < -0.4 is 0 Å². The molecule has 2 unspecified atom stereocenters. The number of hydrogen-bond acceptors (Lipinski definition) is 4. The molecule has 1 aliphatic rings. The lowest BCUT2D eigenvalue weighted by Gasteiger charge is -2.50. The van der Waals surface area contributed by atoms with Crippen molar-refractivity contribution >= 4 is 25.2 Å². The Morgan fingerprint density at radius 3 is 2.48 bits per heavy atom. The predicted molar refractivity (Wildman–Crippen MR) is 109 cm³/mol. The largest absolute Gasteiger partial charge is 0.453 e. The molecule has 6 heteroatoms. The second kappa shape index (κ2) is 7.62. The van der Waals surface area contributed by atoms with Crippen LogP contribution >= 0.6 is 0 Å². The van der Waals surface area contributed by atoms with Crippen molar-refractivity contribution in [3.8, 4) is 0 Å². The second-order valence-electron chi connectivity index (χ2n) is 7.97. The molecule has 0 spiro atoms. The number of carbonyl (C=O) groups is 1. The highest BCUT2D eigenvalue weighted by Crippen LogP contribution is 2.46. The molecule has 1 fully saturated rings. The van der Waals surface area contributed by atoms with E-state index in [0.29, 0.717) is 6.54 Å². The monoisotopic (exact) mass is 387 g/mol. The Morgan fingerprint density at radius 1 is 1.11 bits per heavy atom. The summed E-state index contributed by atoms with van der Waals surface area (Å²) in [7, 11) is 1.14. The van der Waals surface area contributed by atoms with E-state index in [0.717, 1.165) is 29.2 Å².